The molecule has 0 spiro atoms. The van der Waals surface area contributed by atoms with Gasteiger partial charge in [0, 0.05) is 13.0 Å². The average molecular weight is 279 g/mol. The first kappa shape index (κ1) is 14.5. The third-order valence-electron chi connectivity index (χ3n) is 3.86. The first-order valence-electron chi connectivity index (χ1n) is 6.68. The molecule has 1 unspecified atom stereocenters. The Labute approximate surface area is 117 Å². The maximum atomic E-state index is 12.8. The summed E-state index contributed by atoms with van der Waals surface area (Å²) < 4.78 is 12.8. The van der Waals surface area contributed by atoms with E-state index in [4.69, 9.17) is 5.11 Å². The van der Waals surface area contributed by atoms with Gasteiger partial charge in [0.1, 0.15) is 5.82 Å². The van der Waals surface area contributed by atoms with Crippen molar-refractivity contribution < 1.29 is 19.1 Å². The Kier molecular flexibility index (Phi) is 4.06. The average Bonchev–Trinajstić information content (AvgIpc) is 3.18. The van der Waals surface area contributed by atoms with Crippen molar-refractivity contribution in [2.24, 2.45) is 5.41 Å². The Bertz CT molecular complexity index is 508. The van der Waals surface area contributed by atoms with Crippen molar-refractivity contribution in [2.75, 3.05) is 6.54 Å². The number of amides is 1. The van der Waals surface area contributed by atoms with Crippen LogP contribution in [-0.2, 0) is 9.59 Å². The molecule has 20 heavy (non-hydrogen) atoms. The van der Waals surface area contributed by atoms with Gasteiger partial charge in [-0.1, -0.05) is 19.1 Å². The van der Waals surface area contributed by atoms with E-state index in [9.17, 15) is 14.0 Å². The standard InChI is InChI=1S/C15H18FNO3/c1-10(11-2-4-12(16)5-3-11)8-13(18)17-9-15(6-7-15)14(19)20/h2-5,10H,6-9H2,1H3,(H,17,18)(H,19,20). The number of aliphatic carboxylic acids is 1. The molecule has 4 nitrogen and oxygen atoms in total. The van der Waals surface area contributed by atoms with Gasteiger partial charge in [-0.25, -0.2) is 4.39 Å². The lowest BCUT2D eigenvalue weighted by atomic mass is 9.97. The summed E-state index contributed by atoms with van der Waals surface area (Å²) in [5.41, 5.74) is 0.148. The molecule has 1 aliphatic carbocycles. The molecule has 2 rings (SSSR count). The predicted octanol–water partition coefficient (Wildman–Crippen LogP) is 2.30. The second kappa shape index (κ2) is 5.61. The van der Waals surface area contributed by atoms with Crippen LogP contribution >= 0.6 is 0 Å². The number of benzene rings is 1. The normalized spacial score (nSPS) is 17.3. The second-order valence-corrected chi connectivity index (χ2v) is 5.52. The summed E-state index contributed by atoms with van der Waals surface area (Å²) in [7, 11) is 0. The SMILES string of the molecule is CC(CC(=O)NCC1(C(=O)O)CC1)c1ccc(F)cc1. The molecule has 0 bridgehead atoms. The van der Waals surface area contributed by atoms with E-state index in [1.54, 1.807) is 12.1 Å². The summed E-state index contributed by atoms with van der Waals surface area (Å²) in [6.07, 6.45) is 1.51. The summed E-state index contributed by atoms with van der Waals surface area (Å²) >= 11 is 0. The van der Waals surface area contributed by atoms with E-state index in [-0.39, 0.29) is 30.6 Å². The van der Waals surface area contributed by atoms with Gasteiger partial charge in [-0.2, -0.15) is 0 Å². The monoisotopic (exact) mass is 279 g/mol. The molecule has 0 heterocycles. The van der Waals surface area contributed by atoms with Gasteiger partial charge in [0.15, 0.2) is 0 Å². The quantitative estimate of drug-likeness (QED) is 0.839. The van der Waals surface area contributed by atoms with E-state index < -0.39 is 11.4 Å². The number of halogens is 1. The minimum absolute atomic E-state index is 0.0319. The van der Waals surface area contributed by atoms with Crippen LogP contribution in [0.2, 0.25) is 0 Å². The molecule has 1 saturated carbocycles. The van der Waals surface area contributed by atoms with Crippen LogP contribution in [0.4, 0.5) is 4.39 Å². The zero-order valence-corrected chi connectivity index (χ0v) is 11.4. The zero-order chi connectivity index (χ0) is 14.8. The van der Waals surface area contributed by atoms with Crippen LogP contribution in [0.15, 0.2) is 24.3 Å². The molecule has 0 aliphatic heterocycles. The number of carbonyl (C=O) groups is 2. The Morgan fingerprint density at radius 1 is 1.35 bits per heavy atom. The number of carbonyl (C=O) groups excluding carboxylic acids is 1. The minimum Gasteiger partial charge on any atom is -0.481 e. The highest BCUT2D eigenvalue weighted by atomic mass is 19.1. The molecule has 2 N–H and O–H groups in total. The molecule has 5 heteroatoms. The summed E-state index contributed by atoms with van der Waals surface area (Å²) in [6.45, 7) is 2.08. The topological polar surface area (TPSA) is 66.4 Å². The molecule has 1 atom stereocenters. The molecular formula is C15H18FNO3. The van der Waals surface area contributed by atoms with Gasteiger partial charge >= 0.3 is 5.97 Å². The second-order valence-electron chi connectivity index (χ2n) is 5.52. The molecule has 0 radical (unpaired) electrons. The zero-order valence-electron chi connectivity index (χ0n) is 11.4. The highest BCUT2D eigenvalue weighted by Crippen LogP contribution is 2.45. The highest BCUT2D eigenvalue weighted by molar-refractivity contribution is 5.81. The van der Waals surface area contributed by atoms with E-state index in [0.29, 0.717) is 12.8 Å². The van der Waals surface area contributed by atoms with Crippen LogP contribution < -0.4 is 5.32 Å². The third kappa shape index (κ3) is 3.35. The predicted molar refractivity (Wildman–Crippen MR) is 71.7 cm³/mol. The van der Waals surface area contributed by atoms with Crippen LogP contribution in [0.25, 0.3) is 0 Å². The summed E-state index contributed by atoms with van der Waals surface area (Å²) in [5, 5.41) is 11.7. The van der Waals surface area contributed by atoms with Crippen molar-refractivity contribution in [3.8, 4) is 0 Å². The van der Waals surface area contributed by atoms with Crippen molar-refractivity contribution in [2.45, 2.75) is 32.1 Å². The number of hydrogen-bond donors (Lipinski definition) is 2. The Balaban J connectivity index is 1.82. The van der Waals surface area contributed by atoms with Crippen LogP contribution in [0.5, 0.6) is 0 Å². The van der Waals surface area contributed by atoms with Gasteiger partial charge in [0.25, 0.3) is 0 Å². The lowest BCUT2D eigenvalue weighted by Gasteiger charge is -2.14. The van der Waals surface area contributed by atoms with Gasteiger partial charge in [0.05, 0.1) is 5.41 Å². The number of hydrogen-bond acceptors (Lipinski definition) is 2. The van der Waals surface area contributed by atoms with Crippen molar-refractivity contribution in [3.05, 3.63) is 35.6 Å². The van der Waals surface area contributed by atoms with Crippen molar-refractivity contribution >= 4 is 11.9 Å². The minimum atomic E-state index is -0.843. The Hall–Kier alpha value is -1.91. The highest BCUT2D eigenvalue weighted by Gasteiger charge is 2.50. The van der Waals surface area contributed by atoms with Crippen molar-refractivity contribution in [3.63, 3.8) is 0 Å². The first-order valence-corrected chi connectivity index (χ1v) is 6.68. The van der Waals surface area contributed by atoms with Crippen LogP contribution in [0.3, 0.4) is 0 Å². The van der Waals surface area contributed by atoms with E-state index in [2.05, 4.69) is 5.32 Å². The lowest BCUT2D eigenvalue weighted by molar-refractivity contribution is -0.143. The molecule has 0 saturated heterocycles. The lowest BCUT2D eigenvalue weighted by Crippen LogP contribution is -2.34. The number of rotatable bonds is 6. The van der Waals surface area contributed by atoms with Gasteiger partial charge < -0.3 is 10.4 Å². The molecule has 108 valence electrons. The molecule has 1 aromatic carbocycles. The van der Waals surface area contributed by atoms with Crippen molar-refractivity contribution in [1.29, 1.82) is 0 Å². The van der Waals surface area contributed by atoms with Crippen LogP contribution in [0.1, 0.15) is 37.7 Å². The summed E-state index contributed by atoms with van der Waals surface area (Å²) in [4.78, 5) is 22.8. The Morgan fingerprint density at radius 3 is 2.45 bits per heavy atom. The maximum absolute atomic E-state index is 12.8. The molecule has 1 aliphatic rings. The van der Waals surface area contributed by atoms with E-state index >= 15 is 0 Å². The molecule has 0 aromatic heterocycles. The molecular weight excluding hydrogens is 261 g/mol. The largest absolute Gasteiger partial charge is 0.481 e. The van der Waals surface area contributed by atoms with Gasteiger partial charge in [0.2, 0.25) is 5.91 Å². The van der Waals surface area contributed by atoms with E-state index in [1.807, 2.05) is 6.92 Å². The molecule has 1 fully saturated rings. The van der Waals surface area contributed by atoms with Crippen LogP contribution in [0, 0.1) is 11.2 Å². The fraction of sp³-hybridized carbons (Fsp3) is 0.467. The number of nitrogens with one attached hydrogen (secondary N) is 1. The molecule has 1 amide bonds. The molecule has 1 aromatic rings. The van der Waals surface area contributed by atoms with E-state index in [0.717, 1.165) is 5.56 Å². The Morgan fingerprint density at radius 2 is 1.95 bits per heavy atom. The van der Waals surface area contributed by atoms with Gasteiger partial charge in [-0.05, 0) is 36.5 Å². The third-order valence-corrected chi connectivity index (χ3v) is 3.86. The van der Waals surface area contributed by atoms with Crippen molar-refractivity contribution in [1.82, 2.24) is 5.32 Å². The maximum Gasteiger partial charge on any atom is 0.311 e. The smallest absolute Gasteiger partial charge is 0.311 e. The summed E-state index contributed by atoms with van der Waals surface area (Å²) in [5.74, 6) is -1.35. The fourth-order valence-electron chi connectivity index (χ4n) is 2.14. The summed E-state index contributed by atoms with van der Waals surface area (Å²) in [6, 6.07) is 6.06. The number of carboxylic acid groups (broad SMARTS) is 1. The van der Waals surface area contributed by atoms with Crippen LogP contribution in [-0.4, -0.2) is 23.5 Å². The van der Waals surface area contributed by atoms with Gasteiger partial charge in [-0.3, -0.25) is 9.59 Å². The fourth-order valence-corrected chi connectivity index (χ4v) is 2.14. The number of carboxylic acids is 1. The van der Waals surface area contributed by atoms with E-state index in [1.165, 1.54) is 12.1 Å². The van der Waals surface area contributed by atoms with Gasteiger partial charge in [-0.15, -0.1) is 0 Å². The first-order chi connectivity index (χ1) is 9.43.